The lowest BCUT2D eigenvalue weighted by atomic mass is 10.3. The molecule has 18 heavy (non-hydrogen) atoms. The molecule has 1 aromatic heterocycles. The van der Waals surface area contributed by atoms with Gasteiger partial charge in [-0.1, -0.05) is 11.3 Å². The summed E-state index contributed by atoms with van der Waals surface area (Å²) < 4.78 is 16.7. The van der Waals surface area contributed by atoms with Gasteiger partial charge in [0.2, 0.25) is 0 Å². The molecule has 0 atom stereocenters. The Bertz CT molecular complexity index is 501. The number of rotatable bonds is 7. The summed E-state index contributed by atoms with van der Waals surface area (Å²) in [4.78, 5) is 4.35. The third-order valence-electron chi connectivity index (χ3n) is 2.28. The van der Waals surface area contributed by atoms with E-state index >= 15 is 0 Å². The first-order valence-corrected chi connectivity index (χ1v) is 6.47. The van der Waals surface area contributed by atoms with Crippen LogP contribution in [0.4, 0.5) is 5.69 Å². The van der Waals surface area contributed by atoms with Crippen molar-refractivity contribution in [3.8, 4) is 5.19 Å². The number of nitrogen functional groups attached to an aromatic ring is 1. The Kier molecular flexibility index (Phi) is 4.74. The third kappa shape index (κ3) is 3.56. The highest BCUT2D eigenvalue weighted by Gasteiger charge is 2.04. The molecule has 0 amide bonds. The van der Waals surface area contributed by atoms with Gasteiger partial charge < -0.3 is 19.9 Å². The number of hydrogen-bond donors (Lipinski definition) is 1. The van der Waals surface area contributed by atoms with Gasteiger partial charge in [-0.2, -0.15) is 0 Å². The fraction of sp³-hybridized carbons (Fsp3) is 0.417. The highest BCUT2D eigenvalue weighted by molar-refractivity contribution is 7.20. The van der Waals surface area contributed by atoms with Gasteiger partial charge in [-0.15, -0.1) is 0 Å². The molecule has 0 aliphatic heterocycles. The van der Waals surface area contributed by atoms with Crippen molar-refractivity contribution in [2.75, 3.05) is 39.3 Å². The van der Waals surface area contributed by atoms with E-state index in [0.717, 1.165) is 15.9 Å². The molecule has 1 aromatic carbocycles. The fourth-order valence-electron chi connectivity index (χ4n) is 1.41. The number of methoxy groups -OCH3 is 1. The van der Waals surface area contributed by atoms with Gasteiger partial charge in [-0.3, -0.25) is 0 Å². The van der Waals surface area contributed by atoms with Crippen molar-refractivity contribution in [3.05, 3.63) is 18.2 Å². The Balaban J connectivity index is 1.81. The van der Waals surface area contributed by atoms with Crippen LogP contribution in [0.5, 0.6) is 5.19 Å². The first-order chi connectivity index (χ1) is 8.79. The maximum atomic E-state index is 5.71. The van der Waals surface area contributed by atoms with Crippen molar-refractivity contribution in [2.24, 2.45) is 0 Å². The highest BCUT2D eigenvalue weighted by Crippen LogP contribution is 2.28. The van der Waals surface area contributed by atoms with E-state index in [1.54, 1.807) is 7.11 Å². The number of aromatic nitrogens is 1. The lowest BCUT2D eigenvalue weighted by molar-refractivity contribution is 0.0544. The smallest absolute Gasteiger partial charge is 0.274 e. The van der Waals surface area contributed by atoms with Gasteiger partial charge in [0.05, 0.1) is 30.0 Å². The van der Waals surface area contributed by atoms with Crippen LogP contribution in [-0.4, -0.2) is 38.5 Å². The minimum atomic E-state index is 0.485. The summed E-state index contributed by atoms with van der Waals surface area (Å²) in [6.07, 6.45) is 0. The fourth-order valence-corrected chi connectivity index (χ4v) is 2.30. The second-order valence-electron chi connectivity index (χ2n) is 3.66. The van der Waals surface area contributed by atoms with Crippen LogP contribution in [0.1, 0.15) is 0 Å². The van der Waals surface area contributed by atoms with Crippen LogP contribution in [0.3, 0.4) is 0 Å². The van der Waals surface area contributed by atoms with E-state index in [2.05, 4.69) is 4.98 Å². The molecule has 6 heteroatoms. The van der Waals surface area contributed by atoms with Crippen molar-refractivity contribution in [1.29, 1.82) is 0 Å². The monoisotopic (exact) mass is 268 g/mol. The average Bonchev–Trinajstić information content (AvgIpc) is 2.75. The summed E-state index contributed by atoms with van der Waals surface area (Å²) in [5, 5.41) is 0.644. The molecule has 0 fully saturated rings. The molecule has 0 radical (unpaired) electrons. The van der Waals surface area contributed by atoms with E-state index in [1.807, 2.05) is 18.2 Å². The minimum Gasteiger partial charge on any atom is -0.468 e. The van der Waals surface area contributed by atoms with Crippen molar-refractivity contribution in [3.63, 3.8) is 0 Å². The van der Waals surface area contributed by atoms with E-state index in [4.69, 9.17) is 19.9 Å². The minimum absolute atomic E-state index is 0.485. The summed E-state index contributed by atoms with van der Waals surface area (Å²) in [5.41, 5.74) is 7.35. The van der Waals surface area contributed by atoms with E-state index in [9.17, 15) is 0 Å². The van der Waals surface area contributed by atoms with Gasteiger partial charge in [0.25, 0.3) is 5.19 Å². The molecule has 2 N–H and O–H groups in total. The Labute approximate surface area is 109 Å². The third-order valence-corrected chi connectivity index (χ3v) is 3.21. The summed E-state index contributed by atoms with van der Waals surface area (Å²) in [7, 11) is 1.65. The standard InChI is InChI=1S/C12H16N2O3S/c1-15-4-5-16-6-7-17-12-14-10-3-2-9(13)8-11(10)18-12/h2-3,8H,4-7,13H2,1H3. The van der Waals surface area contributed by atoms with Crippen LogP contribution in [0, 0.1) is 0 Å². The van der Waals surface area contributed by atoms with Gasteiger partial charge in [0.1, 0.15) is 6.61 Å². The van der Waals surface area contributed by atoms with Gasteiger partial charge >= 0.3 is 0 Å². The molecule has 0 aliphatic rings. The van der Waals surface area contributed by atoms with Crippen LogP contribution in [0.15, 0.2) is 18.2 Å². The second kappa shape index (κ2) is 6.53. The van der Waals surface area contributed by atoms with Gasteiger partial charge in [-0.05, 0) is 18.2 Å². The quantitative estimate of drug-likeness (QED) is 0.614. The van der Waals surface area contributed by atoms with Crippen LogP contribution < -0.4 is 10.5 Å². The zero-order valence-corrected chi connectivity index (χ0v) is 11.0. The molecular formula is C12H16N2O3S. The Morgan fingerprint density at radius 3 is 2.89 bits per heavy atom. The molecule has 0 unspecified atom stereocenters. The molecule has 1 heterocycles. The first kappa shape index (κ1) is 13.1. The topological polar surface area (TPSA) is 66.6 Å². The molecule has 0 spiro atoms. The normalized spacial score (nSPS) is 10.9. The van der Waals surface area contributed by atoms with Crippen LogP contribution in [0.2, 0.25) is 0 Å². The number of nitrogens with two attached hydrogens (primary N) is 1. The highest BCUT2D eigenvalue weighted by atomic mass is 32.1. The summed E-state index contributed by atoms with van der Waals surface area (Å²) in [5.74, 6) is 0. The molecule has 0 aliphatic carbocycles. The molecule has 5 nitrogen and oxygen atoms in total. The molecule has 0 bridgehead atoms. The predicted molar refractivity (Wildman–Crippen MR) is 72.2 cm³/mol. The molecule has 2 aromatic rings. The number of fused-ring (bicyclic) bond motifs is 1. The summed E-state index contributed by atoms with van der Waals surface area (Å²) in [6.45, 7) is 2.19. The number of hydrogen-bond acceptors (Lipinski definition) is 6. The van der Waals surface area contributed by atoms with Gasteiger partial charge in [0, 0.05) is 12.8 Å². The summed E-state index contributed by atoms with van der Waals surface area (Å²) >= 11 is 1.49. The van der Waals surface area contributed by atoms with Gasteiger partial charge in [-0.25, -0.2) is 4.98 Å². The zero-order valence-electron chi connectivity index (χ0n) is 10.2. The number of thiazole rings is 1. The van der Waals surface area contributed by atoms with Crippen LogP contribution in [0.25, 0.3) is 10.2 Å². The van der Waals surface area contributed by atoms with Crippen molar-refractivity contribution >= 4 is 27.2 Å². The van der Waals surface area contributed by atoms with Crippen LogP contribution >= 0.6 is 11.3 Å². The Hall–Kier alpha value is -1.37. The summed E-state index contributed by atoms with van der Waals surface area (Å²) in [6, 6.07) is 5.62. The number of anilines is 1. The molecule has 0 saturated heterocycles. The van der Waals surface area contributed by atoms with Crippen molar-refractivity contribution in [1.82, 2.24) is 4.98 Å². The van der Waals surface area contributed by atoms with Crippen molar-refractivity contribution in [2.45, 2.75) is 0 Å². The lowest BCUT2D eigenvalue weighted by Crippen LogP contribution is -2.09. The number of benzene rings is 1. The second-order valence-corrected chi connectivity index (χ2v) is 4.65. The van der Waals surface area contributed by atoms with E-state index in [0.29, 0.717) is 31.6 Å². The molecular weight excluding hydrogens is 252 g/mol. The maximum Gasteiger partial charge on any atom is 0.274 e. The molecule has 0 saturated carbocycles. The van der Waals surface area contributed by atoms with E-state index < -0.39 is 0 Å². The van der Waals surface area contributed by atoms with Crippen molar-refractivity contribution < 1.29 is 14.2 Å². The average molecular weight is 268 g/mol. The lowest BCUT2D eigenvalue weighted by Gasteiger charge is -2.03. The molecule has 98 valence electrons. The first-order valence-electron chi connectivity index (χ1n) is 5.65. The largest absolute Gasteiger partial charge is 0.468 e. The van der Waals surface area contributed by atoms with E-state index in [-0.39, 0.29) is 0 Å². The Morgan fingerprint density at radius 1 is 1.22 bits per heavy atom. The zero-order chi connectivity index (χ0) is 12.8. The number of nitrogens with zero attached hydrogens (tertiary/aromatic N) is 1. The SMILES string of the molecule is COCCOCCOc1nc2ccc(N)cc2s1. The predicted octanol–water partition coefficient (Wildman–Crippen LogP) is 1.92. The Morgan fingerprint density at radius 2 is 2.06 bits per heavy atom. The van der Waals surface area contributed by atoms with E-state index in [1.165, 1.54) is 11.3 Å². The molecule has 2 rings (SSSR count). The maximum absolute atomic E-state index is 5.71. The van der Waals surface area contributed by atoms with Crippen LogP contribution in [-0.2, 0) is 9.47 Å². The number of ether oxygens (including phenoxy) is 3. The van der Waals surface area contributed by atoms with Gasteiger partial charge in [0.15, 0.2) is 0 Å².